The predicted molar refractivity (Wildman–Crippen MR) is 69.1 cm³/mol. The van der Waals surface area contributed by atoms with Gasteiger partial charge >= 0.3 is 0 Å². The second-order valence-corrected chi connectivity index (χ2v) is 4.36. The van der Waals surface area contributed by atoms with Gasteiger partial charge in [0.2, 0.25) is 0 Å². The monoisotopic (exact) mass is 232 g/mol. The first-order valence-corrected chi connectivity index (χ1v) is 6.21. The molecule has 3 heteroatoms. The molecular weight excluding hydrogens is 212 g/mol. The van der Waals surface area contributed by atoms with Crippen LogP contribution in [0.1, 0.15) is 37.3 Å². The standard InChI is InChI=1S/C14H20N2O/c1-15-14(11-6-4-3-5-7-11)12-8-9-16-10-13(12)17-2/h6,8-10,14-15H,3-5,7H2,1-2H3. The van der Waals surface area contributed by atoms with E-state index >= 15 is 0 Å². The molecule has 0 aromatic carbocycles. The molecule has 1 aliphatic rings. The van der Waals surface area contributed by atoms with Crippen LogP contribution in [-0.2, 0) is 0 Å². The van der Waals surface area contributed by atoms with Crippen LogP contribution in [0.25, 0.3) is 0 Å². The van der Waals surface area contributed by atoms with Gasteiger partial charge in [-0.3, -0.25) is 4.98 Å². The minimum Gasteiger partial charge on any atom is -0.495 e. The highest BCUT2D eigenvalue weighted by Crippen LogP contribution is 2.33. The van der Waals surface area contributed by atoms with Crippen molar-refractivity contribution < 1.29 is 4.74 Å². The molecule has 0 aliphatic heterocycles. The number of nitrogens with one attached hydrogen (secondary N) is 1. The normalized spacial score (nSPS) is 17.4. The molecule has 0 radical (unpaired) electrons. The van der Waals surface area contributed by atoms with Gasteiger partial charge in [-0.15, -0.1) is 0 Å². The predicted octanol–water partition coefficient (Wildman–Crippen LogP) is 2.85. The maximum absolute atomic E-state index is 5.39. The van der Waals surface area contributed by atoms with Crippen LogP contribution in [0.3, 0.4) is 0 Å². The fraction of sp³-hybridized carbons (Fsp3) is 0.500. The van der Waals surface area contributed by atoms with Gasteiger partial charge in [0.25, 0.3) is 0 Å². The van der Waals surface area contributed by atoms with Crippen molar-refractivity contribution in [1.29, 1.82) is 0 Å². The fourth-order valence-electron chi connectivity index (χ4n) is 2.47. The number of hydrogen-bond acceptors (Lipinski definition) is 3. The van der Waals surface area contributed by atoms with Gasteiger partial charge in [-0.05, 0) is 38.8 Å². The largest absolute Gasteiger partial charge is 0.495 e. The van der Waals surface area contributed by atoms with Crippen LogP contribution < -0.4 is 10.1 Å². The Labute approximate surface area is 103 Å². The van der Waals surface area contributed by atoms with Crippen molar-refractivity contribution in [2.45, 2.75) is 31.7 Å². The van der Waals surface area contributed by atoms with Gasteiger partial charge in [0.1, 0.15) is 5.75 Å². The third-order valence-corrected chi connectivity index (χ3v) is 3.33. The number of methoxy groups -OCH3 is 1. The van der Waals surface area contributed by atoms with Crippen molar-refractivity contribution in [3.8, 4) is 5.75 Å². The average Bonchev–Trinajstić information content (AvgIpc) is 2.41. The van der Waals surface area contributed by atoms with Crippen LogP contribution >= 0.6 is 0 Å². The second kappa shape index (κ2) is 5.82. The van der Waals surface area contributed by atoms with E-state index < -0.39 is 0 Å². The Morgan fingerprint density at radius 2 is 2.29 bits per heavy atom. The zero-order valence-corrected chi connectivity index (χ0v) is 10.6. The Morgan fingerprint density at radius 1 is 1.41 bits per heavy atom. The van der Waals surface area contributed by atoms with Crippen LogP contribution in [-0.4, -0.2) is 19.1 Å². The van der Waals surface area contributed by atoms with Crippen molar-refractivity contribution in [2.24, 2.45) is 0 Å². The highest BCUT2D eigenvalue weighted by molar-refractivity contribution is 5.38. The molecule has 1 aliphatic carbocycles. The first-order chi connectivity index (χ1) is 8.36. The molecule has 92 valence electrons. The molecule has 1 aromatic rings. The Balaban J connectivity index is 2.31. The molecule has 0 amide bonds. The van der Waals surface area contributed by atoms with Crippen LogP contribution in [0.4, 0.5) is 0 Å². The third kappa shape index (κ3) is 2.67. The summed E-state index contributed by atoms with van der Waals surface area (Å²) in [6, 6.07) is 2.29. The topological polar surface area (TPSA) is 34.2 Å². The number of hydrogen-bond donors (Lipinski definition) is 1. The molecule has 2 rings (SSSR count). The average molecular weight is 232 g/mol. The first-order valence-electron chi connectivity index (χ1n) is 6.21. The van der Waals surface area contributed by atoms with Crippen LogP contribution in [0.2, 0.25) is 0 Å². The molecule has 0 bridgehead atoms. The lowest BCUT2D eigenvalue weighted by molar-refractivity contribution is 0.402. The summed E-state index contributed by atoms with van der Waals surface area (Å²) in [4.78, 5) is 4.11. The van der Waals surface area contributed by atoms with E-state index in [0.717, 1.165) is 5.75 Å². The molecule has 1 atom stereocenters. The van der Waals surface area contributed by atoms with Gasteiger partial charge in [0, 0.05) is 11.8 Å². The van der Waals surface area contributed by atoms with Gasteiger partial charge in [0.05, 0.1) is 19.3 Å². The van der Waals surface area contributed by atoms with E-state index in [1.54, 1.807) is 13.3 Å². The zero-order chi connectivity index (χ0) is 12.1. The van der Waals surface area contributed by atoms with Crippen molar-refractivity contribution in [2.75, 3.05) is 14.2 Å². The maximum Gasteiger partial charge on any atom is 0.142 e. The summed E-state index contributed by atoms with van der Waals surface area (Å²) in [6.45, 7) is 0. The van der Waals surface area contributed by atoms with Crippen molar-refractivity contribution in [1.82, 2.24) is 10.3 Å². The summed E-state index contributed by atoms with van der Waals surface area (Å²) in [5.74, 6) is 0.860. The summed E-state index contributed by atoms with van der Waals surface area (Å²) < 4.78 is 5.39. The molecule has 3 nitrogen and oxygen atoms in total. The second-order valence-electron chi connectivity index (χ2n) is 4.36. The van der Waals surface area contributed by atoms with Gasteiger partial charge in [-0.1, -0.05) is 11.6 Å². The number of nitrogens with zero attached hydrogens (tertiary/aromatic N) is 1. The summed E-state index contributed by atoms with van der Waals surface area (Å²) in [7, 11) is 3.70. The third-order valence-electron chi connectivity index (χ3n) is 3.33. The van der Waals surface area contributed by atoms with Gasteiger partial charge in [-0.25, -0.2) is 0 Å². The quantitative estimate of drug-likeness (QED) is 0.810. The SMILES string of the molecule is CNC(C1=CCCCC1)c1ccncc1OC. The first kappa shape index (κ1) is 12.1. The fourth-order valence-corrected chi connectivity index (χ4v) is 2.47. The minimum absolute atomic E-state index is 0.258. The van der Waals surface area contributed by atoms with Crippen molar-refractivity contribution in [3.05, 3.63) is 35.7 Å². The molecule has 0 saturated heterocycles. The molecule has 0 spiro atoms. The smallest absolute Gasteiger partial charge is 0.142 e. The number of likely N-dealkylation sites (N-methyl/N-ethyl adjacent to an activating group) is 1. The van der Waals surface area contributed by atoms with Crippen molar-refractivity contribution >= 4 is 0 Å². The molecular formula is C14H20N2O. The molecule has 17 heavy (non-hydrogen) atoms. The Morgan fingerprint density at radius 3 is 2.94 bits per heavy atom. The summed E-state index contributed by atoms with van der Waals surface area (Å²) in [5, 5.41) is 3.39. The molecule has 0 fully saturated rings. The number of aromatic nitrogens is 1. The van der Waals surface area contributed by atoms with E-state index in [1.807, 2.05) is 19.3 Å². The highest BCUT2D eigenvalue weighted by Gasteiger charge is 2.19. The van der Waals surface area contributed by atoms with Crippen LogP contribution in [0, 0.1) is 0 Å². The van der Waals surface area contributed by atoms with E-state index in [2.05, 4.69) is 16.4 Å². The highest BCUT2D eigenvalue weighted by atomic mass is 16.5. The lowest BCUT2D eigenvalue weighted by Gasteiger charge is -2.24. The summed E-state index contributed by atoms with van der Waals surface area (Å²) in [6.07, 6.45) is 10.9. The minimum atomic E-state index is 0.258. The van der Waals surface area contributed by atoms with Crippen LogP contribution in [0.5, 0.6) is 5.75 Å². The number of pyridine rings is 1. The summed E-state index contributed by atoms with van der Waals surface area (Å²) in [5.41, 5.74) is 2.65. The number of ether oxygens (including phenoxy) is 1. The lowest BCUT2D eigenvalue weighted by atomic mass is 9.90. The molecule has 0 saturated carbocycles. The van der Waals surface area contributed by atoms with E-state index in [9.17, 15) is 0 Å². The lowest BCUT2D eigenvalue weighted by Crippen LogP contribution is -2.20. The maximum atomic E-state index is 5.39. The van der Waals surface area contributed by atoms with Gasteiger partial charge in [-0.2, -0.15) is 0 Å². The Hall–Kier alpha value is -1.35. The Kier molecular flexibility index (Phi) is 4.15. The van der Waals surface area contributed by atoms with E-state index in [0.29, 0.717) is 0 Å². The van der Waals surface area contributed by atoms with Gasteiger partial charge in [0.15, 0.2) is 0 Å². The van der Waals surface area contributed by atoms with Crippen molar-refractivity contribution in [3.63, 3.8) is 0 Å². The Bertz CT molecular complexity index is 401. The van der Waals surface area contributed by atoms with E-state index in [-0.39, 0.29) is 6.04 Å². The van der Waals surface area contributed by atoms with E-state index in [4.69, 9.17) is 4.74 Å². The van der Waals surface area contributed by atoms with Crippen LogP contribution in [0.15, 0.2) is 30.1 Å². The van der Waals surface area contributed by atoms with E-state index in [1.165, 1.54) is 36.8 Å². The summed E-state index contributed by atoms with van der Waals surface area (Å²) >= 11 is 0. The molecule has 1 unspecified atom stereocenters. The zero-order valence-electron chi connectivity index (χ0n) is 10.6. The molecule has 1 aromatic heterocycles. The molecule has 1 heterocycles. The number of allylic oxidation sites excluding steroid dienone is 1. The number of rotatable bonds is 4. The van der Waals surface area contributed by atoms with Gasteiger partial charge < -0.3 is 10.1 Å². The molecule has 1 N–H and O–H groups in total.